The first-order chi connectivity index (χ1) is 9.27. The van der Waals surface area contributed by atoms with Gasteiger partial charge in [-0.15, -0.1) is 0 Å². The van der Waals surface area contributed by atoms with Gasteiger partial charge in [0, 0.05) is 6.42 Å². The molecule has 0 spiro atoms. The summed E-state index contributed by atoms with van der Waals surface area (Å²) >= 11 is 0. The van der Waals surface area contributed by atoms with Gasteiger partial charge >= 0.3 is 5.97 Å². The van der Waals surface area contributed by atoms with Crippen LogP contribution in [0.25, 0.3) is 0 Å². The predicted octanol–water partition coefficient (Wildman–Crippen LogP) is 5.49. The van der Waals surface area contributed by atoms with Gasteiger partial charge in [0.25, 0.3) is 0 Å². The fraction of sp³-hybridized carbons (Fsp3) is 0.706. The summed E-state index contributed by atoms with van der Waals surface area (Å²) in [6, 6.07) is 0. The minimum atomic E-state index is -0.671. The Labute approximate surface area is 118 Å². The van der Waals surface area contributed by atoms with Gasteiger partial charge in [0.2, 0.25) is 0 Å². The van der Waals surface area contributed by atoms with Crippen molar-refractivity contribution in [3.63, 3.8) is 0 Å². The lowest BCUT2D eigenvalue weighted by Crippen LogP contribution is -1.93. The van der Waals surface area contributed by atoms with E-state index in [4.69, 9.17) is 5.11 Å². The van der Waals surface area contributed by atoms with E-state index in [9.17, 15) is 4.79 Å². The second-order valence-corrected chi connectivity index (χ2v) is 5.02. The first-order valence-corrected chi connectivity index (χ1v) is 7.79. The zero-order valence-corrected chi connectivity index (χ0v) is 12.4. The second-order valence-electron chi connectivity index (χ2n) is 5.02. The smallest absolute Gasteiger partial charge is 0.303 e. The molecule has 0 aromatic rings. The van der Waals surface area contributed by atoms with E-state index in [2.05, 4.69) is 31.2 Å². The Morgan fingerprint density at radius 2 is 1.42 bits per heavy atom. The van der Waals surface area contributed by atoms with Crippen LogP contribution in [0.3, 0.4) is 0 Å². The third-order valence-corrected chi connectivity index (χ3v) is 3.09. The Balaban J connectivity index is 3.16. The minimum absolute atomic E-state index is 0.324. The van der Waals surface area contributed by atoms with Gasteiger partial charge in [-0.25, -0.2) is 0 Å². The SMILES string of the molecule is CCCC/C=C/C/C=C/CCCCCCCC(=O)O. The van der Waals surface area contributed by atoms with Crippen molar-refractivity contribution < 1.29 is 9.90 Å². The van der Waals surface area contributed by atoms with E-state index in [0.29, 0.717) is 6.42 Å². The summed E-state index contributed by atoms with van der Waals surface area (Å²) in [5, 5.41) is 8.49. The number of carbonyl (C=O) groups is 1. The lowest BCUT2D eigenvalue weighted by atomic mass is 10.1. The molecule has 0 bridgehead atoms. The second kappa shape index (κ2) is 15.0. The van der Waals surface area contributed by atoms with Crippen LogP contribution in [0.1, 0.15) is 77.6 Å². The maximum absolute atomic E-state index is 10.3. The Kier molecular flexibility index (Phi) is 14.2. The molecule has 0 aliphatic rings. The monoisotopic (exact) mass is 266 g/mol. The number of allylic oxidation sites excluding steroid dienone is 4. The highest BCUT2D eigenvalue weighted by atomic mass is 16.4. The van der Waals surface area contributed by atoms with Crippen LogP contribution in [-0.2, 0) is 4.79 Å². The number of hydrogen-bond acceptors (Lipinski definition) is 1. The third-order valence-electron chi connectivity index (χ3n) is 3.09. The van der Waals surface area contributed by atoms with Crippen LogP contribution in [0.15, 0.2) is 24.3 Å². The number of carboxylic acid groups (broad SMARTS) is 1. The van der Waals surface area contributed by atoms with E-state index in [-0.39, 0.29) is 0 Å². The quantitative estimate of drug-likeness (QED) is 0.353. The zero-order valence-electron chi connectivity index (χ0n) is 12.4. The fourth-order valence-corrected chi connectivity index (χ4v) is 1.90. The van der Waals surface area contributed by atoms with Crippen molar-refractivity contribution >= 4 is 5.97 Å². The highest BCUT2D eigenvalue weighted by Gasteiger charge is 1.95. The standard InChI is InChI=1S/C17H30O2/c1-2-3-4-5-6-7-8-9-10-11-12-13-14-15-16-17(18)19/h5-6,8-9H,2-4,7,10-16H2,1H3,(H,18,19)/b6-5+,9-8+. The van der Waals surface area contributed by atoms with Crippen LogP contribution in [0, 0.1) is 0 Å². The highest BCUT2D eigenvalue weighted by molar-refractivity contribution is 5.66. The predicted molar refractivity (Wildman–Crippen MR) is 82.4 cm³/mol. The van der Waals surface area contributed by atoms with E-state index in [1.165, 1.54) is 32.1 Å². The number of rotatable bonds is 13. The molecule has 0 aromatic carbocycles. The van der Waals surface area contributed by atoms with E-state index >= 15 is 0 Å². The van der Waals surface area contributed by atoms with Crippen molar-refractivity contribution in [2.24, 2.45) is 0 Å². The molecule has 0 saturated carbocycles. The van der Waals surface area contributed by atoms with Gasteiger partial charge in [-0.1, -0.05) is 63.3 Å². The van der Waals surface area contributed by atoms with Crippen LogP contribution < -0.4 is 0 Å². The van der Waals surface area contributed by atoms with Crippen LogP contribution in [-0.4, -0.2) is 11.1 Å². The van der Waals surface area contributed by atoms with Gasteiger partial charge in [0.05, 0.1) is 0 Å². The molecular formula is C17H30O2. The van der Waals surface area contributed by atoms with E-state index < -0.39 is 5.97 Å². The molecule has 2 heteroatoms. The maximum atomic E-state index is 10.3. The Morgan fingerprint density at radius 1 is 0.842 bits per heavy atom. The van der Waals surface area contributed by atoms with Crippen LogP contribution in [0.4, 0.5) is 0 Å². The van der Waals surface area contributed by atoms with Crippen molar-refractivity contribution in [1.82, 2.24) is 0 Å². The summed E-state index contributed by atoms with van der Waals surface area (Å²) in [7, 11) is 0. The molecule has 0 saturated heterocycles. The lowest BCUT2D eigenvalue weighted by molar-refractivity contribution is -0.137. The van der Waals surface area contributed by atoms with Crippen molar-refractivity contribution in [2.75, 3.05) is 0 Å². The van der Waals surface area contributed by atoms with Gasteiger partial charge in [-0.05, 0) is 32.1 Å². The highest BCUT2D eigenvalue weighted by Crippen LogP contribution is 2.07. The first kappa shape index (κ1) is 17.9. The molecule has 0 aliphatic heterocycles. The van der Waals surface area contributed by atoms with E-state index in [0.717, 1.165) is 32.1 Å². The normalized spacial score (nSPS) is 11.6. The molecule has 0 rings (SSSR count). The fourth-order valence-electron chi connectivity index (χ4n) is 1.90. The number of aliphatic carboxylic acids is 1. The number of carboxylic acids is 1. The molecular weight excluding hydrogens is 236 g/mol. The molecule has 2 nitrogen and oxygen atoms in total. The molecule has 0 aliphatic carbocycles. The molecule has 0 radical (unpaired) electrons. The molecule has 19 heavy (non-hydrogen) atoms. The Morgan fingerprint density at radius 3 is 2.05 bits per heavy atom. The van der Waals surface area contributed by atoms with Gasteiger partial charge in [-0.3, -0.25) is 4.79 Å². The van der Waals surface area contributed by atoms with Crippen LogP contribution >= 0.6 is 0 Å². The summed E-state index contributed by atoms with van der Waals surface area (Å²) in [5.41, 5.74) is 0. The molecule has 0 amide bonds. The zero-order chi connectivity index (χ0) is 14.2. The average Bonchev–Trinajstić information content (AvgIpc) is 2.39. The lowest BCUT2D eigenvalue weighted by Gasteiger charge is -1.98. The summed E-state index contributed by atoms with van der Waals surface area (Å²) in [5.74, 6) is -0.671. The van der Waals surface area contributed by atoms with Crippen LogP contribution in [0.5, 0.6) is 0 Å². The Bertz CT molecular complexity index is 254. The van der Waals surface area contributed by atoms with Crippen molar-refractivity contribution in [1.29, 1.82) is 0 Å². The maximum Gasteiger partial charge on any atom is 0.303 e. The van der Waals surface area contributed by atoms with E-state index in [1.54, 1.807) is 0 Å². The average molecular weight is 266 g/mol. The minimum Gasteiger partial charge on any atom is -0.481 e. The summed E-state index contributed by atoms with van der Waals surface area (Å²) < 4.78 is 0. The molecule has 0 fully saturated rings. The summed E-state index contributed by atoms with van der Waals surface area (Å²) in [4.78, 5) is 10.3. The first-order valence-electron chi connectivity index (χ1n) is 7.79. The molecule has 0 aromatic heterocycles. The van der Waals surface area contributed by atoms with Gasteiger partial charge in [-0.2, -0.15) is 0 Å². The Hall–Kier alpha value is -1.05. The molecule has 110 valence electrons. The summed E-state index contributed by atoms with van der Waals surface area (Å²) in [6.45, 7) is 2.22. The van der Waals surface area contributed by atoms with Crippen molar-refractivity contribution in [2.45, 2.75) is 77.6 Å². The molecule has 1 N–H and O–H groups in total. The summed E-state index contributed by atoms with van der Waals surface area (Å²) in [6.07, 6.45) is 20.8. The van der Waals surface area contributed by atoms with Crippen LogP contribution in [0.2, 0.25) is 0 Å². The van der Waals surface area contributed by atoms with Gasteiger partial charge in [0.1, 0.15) is 0 Å². The molecule has 0 heterocycles. The van der Waals surface area contributed by atoms with Crippen molar-refractivity contribution in [3.05, 3.63) is 24.3 Å². The molecule has 0 unspecified atom stereocenters. The van der Waals surface area contributed by atoms with E-state index in [1.807, 2.05) is 0 Å². The molecule has 0 atom stereocenters. The van der Waals surface area contributed by atoms with Crippen molar-refractivity contribution in [3.8, 4) is 0 Å². The number of unbranched alkanes of at least 4 members (excludes halogenated alkanes) is 7. The largest absolute Gasteiger partial charge is 0.481 e. The topological polar surface area (TPSA) is 37.3 Å². The van der Waals surface area contributed by atoms with Gasteiger partial charge in [0.15, 0.2) is 0 Å². The van der Waals surface area contributed by atoms with Gasteiger partial charge < -0.3 is 5.11 Å². The third kappa shape index (κ3) is 16.9. The number of hydrogen-bond donors (Lipinski definition) is 1.